The van der Waals surface area contributed by atoms with Crippen LogP contribution in [0, 0.1) is 5.82 Å². The van der Waals surface area contributed by atoms with Crippen LogP contribution in [0.5, 0.6) is 0 Å². The molecule has 2 aromatic carbocycles. The number of aromatic nitrogens is 1. The number of rotatable bonds is 5. The Morgan fingerprint density at radius 2 is 1.77 bits per heavy atom. The smallest absolute Gasteiger partial charge is 0.250 e. The van der Waals surface area contributed by atoms with Crippen LogP contribution in [0.1, 0.15) is 31.2 Å². The van der Waals surface area contributed by atoms with Gasteiger partial charge >= 0.3 is 0 Å². The molecular weight excluding hydrogens is 437 g/mol. The third-order valence-electron chi connectivity index (χ3n) is 5.09. The lowest BCUT2D eigenvalue weighted by atomic mass is 10.2. The topological polar surface area (TPSA) is 79.4 Å². The van der Waals surface area contributed by atoms with Gasteiger partial charge in [0.15, 0.2) is 5.13 Å². The molecule has 0 radical (unpaired) electrons. The quantitative estimate of drug-likeness (QED) is 0.563. The van der Waals surface area contributed by atoms with Gasteiger partial charge in [-0.3, -0.25) is 10.1 Å². The van der Waals surface area contributed by atoms with E-state index in [-0.39, 0.29) is 16.6 Å². The Balaban J connectivity index is 1.41. The summed E-state index contributed by atoms with van der Waals surface area (Å²) >= 11 is 1.19. The highest BCUT2D eigenvalue weighted by Gasteiger charge is 2.24. The van der Waals surface area contributed by atoms with Gasteiger partial charge in [-0.2, -0.15) is 4.31 Å². The number of nitrogens with one attached hydrogen (secondary N) is 1. The van der Waals surface area contributed by atoms with Crippen LogP contribution < -0.4 is 5.32 Å². The SMILES string of the molecule is O=C(/C=C/c1ccc(S(=O)(=O)N2CCCCCC2)cc1)Nc1nc2ccc(F)cc2s1. The normalized spacial score (nSPS) is 15.9. The standard InChI is InChI=1S/C22H22FN3O3S2/c23-17-8-11-19-20(15-17)30-22(24-19)25-21(27)12-7-16-5-9-18(10-6-16)31(28,29)26-13-3-1-2-4-14-26/h5-12,15H,1-4,13-14H2,(H,24,25,27)/b12-7+. The zero-order valence-corrected chi connectivity index (χ0v) is 18.4. The van der Waals surface area contributed by atoms with Crippen molar-refractivity contribution in [3.8, 4) is 0 Å². The van der Waals surface area contributed by atoms with E-state index >= 15 is 0 Å². The number of thiazole rings is 1. The maximum Gasteiger partial charge on any atom is 0.250 e. The summed E-state index contributed by atoms with van der Waals surface area (Å²) in [5, 5.41) is 3.05. The number of halogens is 1. The van der Waals surface area contributed by atoms with Crippen LogP contribution in [0.4, 0.5) is 9.52 Å². The van der Waals surface area contributed by atoms with Gasteiger partial charge < -0.3 is 0 Å². The first kappa shape index (κ1) is 21.6. The van der Waals surface area contributed by atoms with E-state index in [9.17, 15) is 17.6 Å². The van der Waals surface area contributed by atoms with Crippen molar-refractivity contribution in [3.63, 3.8) is 0 Å². The zero-order chi connectivity index (χ0) is 21.8. The van der Waals surface area contributed by atoms with E-state index in [0.717, 1.165) is 25.7 Å². The van der Waals surface area contributed by atoms with Crippen molar-refractivity contribution in [1.82, 2.24) is 9.29 Å². The lowest BCUT2D eigenvalue weighted by Crippen LogP contribution is -2.31. The van der Waals surface area contributed by atoms with Crippen molar-refractivity contribution in [2.24, 2.45) is 0 Å². The Hall–Kier alpha value is -2.62. The Bertz CT molecular complexity index is 1210. The van der Waals surface area contributed by atoms with Gasteiger partial charge in [0.05, 0.1) is 15.1 Å². The number of hydrogen-bond donors (Lipinski definition) is 1. The molecule has 0 saturated carbocycles. The maximum atomic E-state index is 13.3. The highest BCUT2D eigenvalue weighted by Crippen LogP contribution is 2.26. The second-order valence-corrected chi connectivity index (χ2v) is 10.3. The minimum Gasteiger partial charge on any atom is -0.298 e. The lowest BCUT2D eigenvalue weighted by molar-refractivity contribution is -0.111. The summed E-state index contributed by atoms with van der Waals surface area (Å²) < 4.78 is 41.2. The van der Waals surface area contributed by atoms with Crippen molar-refractivity contribution in [3.05, 3.63) is 59.9 Å². The molecule has 1 saturated heterocycles. The Morgan fingerprint density at radius 1 is 1.06 bits per heavy atom. The fraction of sp³-hybridized carbons (Fsp3) is 0.273. The molecule has 0 atom stereocenters. The number of anilines is 1. The molecule has 1 aromatic heterocycles. The van der Waals surface area contributed by atoms with E-state index in [1.165, 1.54) is 29.5 Å². The maximum absolute atomic E-state index is 13.3. The van der Waals surface area contributed by atoms with E-state index in [1.54, 1.807) is 40.7 Å². The summed E-state index contributed by atoms with van der Waals surface area (Å²) in [7, 11) is -3.49. The molecule has 6 nitrogen and oxygen atoms in total. The number of carbonyl (C=O) groups excluding carboxylic acids is 1. The average Bonchev–Trinajstić information content (AvgIpc) is 2.95. The number of hydrogen-bond acceptors (Lipinski definition) is 5. The highest BCUT2D eigenvalue weighted by molar-refractivity contribution is 7.89. The van der Waals surface area contributed by atoms with Crippen LogP contribution in [-0.2, 0) is 14.8 Å². The van der Waals surface area contributed by atoms with Gasteiger partial charge in [0, 0.05) is 19.2 Å². The predicted octanol–water partition coefficient (Wildman–Crippen LogP) is 4.65. The number of benzene rings is 2. The summed E-state index contributed by atoms with van der Waals surface area (Å²) in [6.07, 6.45) is 6.85. The van der Waals surface area contributed by atoms with Crippen LogP contribution in [0.3, 0.4) is 0 Å². The van der Waals surface area contributed by atoms with Gasteiger partial charge in [-0.05, 0) is 54.8 Å². The van der Waals surface area contributed by atoms with Crippen molar-refractivity contribution < 1.29 is 17.6 Å². The van der Waals surface area contributed by atoms with Crippen LogP contribution in [0.15, 0.2) is 53.4 Å². The van der Waals surface area contributed by atoms with Crippen LogP contribution >= 0.6 is 11.3 Å². The molecule has 162 valence electrons. The molecular formula is C22H22FN3O3S2. The van der Waals surface area contributed by atoms with E-state index in [4.69, 9.17) is 0 Å². The molecule has 0 unspecified atom stereocenters. The molecule has 9 heteroatoms. The minimum atomic E-state index is -3.49. The predicted molar refractivity (Wildman–Crippen MR) is 121 cm³/mol. The Labute approximate surface area is 184 Å². The summed E-state index contributed by atoms with van der Waals surface area (Å²) in [5.41, 5.74) is 1.32. The van der Waals surface area contributed by atoms with Gasteiger partial charge in [0.25, 0.3) is 0 Å². The molecule has 4 rings (SSSR count). The third kappa shape index (κ3) is 5.17. The fourth-order valence-corrected chi connectivity index (χ4v) is 5.86. The first-order chi connectivity index (χ1) is 14.9. The molecule has 0 spiro atoms. The fourth-order valence-electron chi connectivity index (χ4n) is 3.45. The third-order valence-corrected chi connectivity index (χ3v) is 7.94. The van der Waals surface area contributed by atoms with E-state index in [1.807, 2.05) is 0 Å². The summed E-state index contributed by atoms with van der Waals surface area (Å²) in [6.45, 7) is 1.12. The molecule has 1 fully saturated rings. The van der Waals surface area contributed by atoms with Gasteiger partial charge in [0.1, 0.15) is 5.82 Å². The van der Waals surface area contributed by atoms with Crippen LogP contribution in [0.2, 0.25) is 0 Å². The zero-order valence-electron chi connectivity index (χ0n) is 16.8. The van der Waals surface area contributed by atoms with E-state index < -0.39 is 10.0 Å². The van der Waals surface area contributed by atoms with Gasteiger partial charge in [0.2, 0.25) is 15.9 Å². The molecule has 2 heterocycles. The average molecular weight is 460 g/mol. The number of carbonyl (C=O) groups is 1. The molecule has 1 amide bonds. The summed E-state index contributed by atoms with van der Waals surface area (Å²) in [6, 6.07) is 10.8. The molecule has 31 heavy (non-hydrogen) atoms. The van der Waals surface area contributed by atoms with E-state index in [2.05, 4.69) is 10.3 Å². The number of fused-ring (bicyclic) bond motifs is 1. The first-order valence-corrected chi connectivity index (χ1v) is 12.3. The highest BCUT2D eigenvalue weighted by atomic mass is 32.2. The van der Waals surface area contributed by atoms with Crippen molar-refractivity contribution in [1.29, 1.82) is 0 Å². The summed E-state index contributed by atoms with van der Waals surface area (Å²) in [5.74, 6) is -0.726. The largest absolute Gasteiger partial charge is 0.298 e. The van der Waals surface area contributed by atoms with Crippen LogP contribution in [0.25, 0.3) is 16.3 Å². The van der Waals surface area contributed by atoms with E-state index in [0.29, 0.717) is 34.0 Å². The first-order valence-electron chi connectivity index (χ1n) is 10.1. The lowest BCUT2D eigenvalue weighted by Gasteiger charge is -2.19. The van der Waals surface area contributed by atoms with Crippen LogP contribution in [-0.4, -0.2) is 36.7 Å². The second-order valence-electron chi connectivity index (χ2n) is 7.34. The van der Waals surface area contributed by atoms with Gasteiger partial charge in [-0.1, -0.05) is 36.3 Å². The minimum absolute atomic E-state index is 0.262. The number of amides is 1. The van der Waals surface area contributed by atoms with Crippen molar-refractivity contribution >= 4 is 48.7 Å². The molecule has 1 N–H and O–H groups in total. The van der Waals surface area contributed by atoms with Crippen molar-refractivity contribution in [2.75, 3.05) is 18.4 Å². The number of sulfonamides is 1. The summed E-state index contributed by atoms with van der Waals surface area (Å²) in [4.78, 5) is 16.7. The van der Waals surface area contributed by atoms with Crippen molar-refractivity contribution in [2.45, 2.75) is 30.6 Å². The Kier molecular flexibility index (Phi) is 6.45. The molecule has 0 aliphatic carbocycles. The molecule has 1 aliphatic heterocycles. The monoisotopic (exact) mass is 459 g/mol. The Morgan fingerprint density at radius 3 is 2.48 bits per heavy atom. The second kappa shape index (κ2) is 9.25. The molecule has 3 aromatic rings. The number of nitrogens with zero attached hydrogens (tertiary/aromatic N) is 2. The molecule has 0 bridgehead atoms. The van der Waals surface area contributed by atoms with Gasteiger partial charge in [-0.25, -0.2) is 17.8 Å². The molecule has 1 aliphatic rings. The van der Waals surface area contributed by atoms with Gasteiger partial charge in [-0.15, -0.1) is 0 Å².